The summed E-state index contributed by atoms with van der Waals surface area (Å²) in [6.07, 6.45) is 5.74. The molecule has 1 aromatic heterocycles. The van der Waals surface area contributed by atoms with E-state index in [0.717, 1.165) is 28.3 Å². The lowest BCUT2D eigenvalue weighted by molar-refractivity contribution is -0.118. The summed E-state index contributed by atoms with van der Waals surface area (Å²) in [4.78, 5) is 12.6. The summed E-state index contributed by atoms with van der Waals surface area (Å²) in [5, 5.41) is 4.47. The van der Waals surface area contributed by atoms with Gasteiger partial charge in [-0.3, -0.25) is 0 Å². The second-order valence-corrected chi connectivity index (χ2v) is 9.67. The first-order valence-corrected chi connectivity index (χ1v) is 11.4. The monoisotopic (exact) mass is 458 g/mol. The lowest BCUT2D eigenvalue weighted by Gasteiger charge is -2.44. The Balaban J connectivity index is 1.51. The molecule has 1 saturated heterocycles. The zero-order valence-corrected chi connectivity index (χ0v) is 20.5. The van der Waals surface area contributed by atoms with Crippen molar-refractivity contribution in [2.75, 3.05) is 13.7 Å². The minimum absolute atomic E-state index is 0.428. The smallest absolute Gasteiger partial charge is 0.234 e. The van der Waals surface area contributed by atoms with Crippen molar-refractivity contribution in [3.8, 4) is 11.4 Å². The molecular weight excluding hydrogens is 428 g/mol. The molecule has 0 bridgehead atoms. The van der Waals surface area contributed by atoms with E-state index in [9.17, 15) is 0 Å². The number of ether oxygens (including phenoxy) is 2. The quantitative estimate of drug-likeness (QED) is 0.540. The maximum absolute atomic E-state index is 6.38. The van der Waals surface area contributed by atoms with Crippen LogP contribution in [0.1, 0.15) is 43.2 Å². The summed E-state index contributed by atoms with van der Waals surface area (Å²) in [7, 11) is 1.67. The van der Waals surface area contributed by atoms with Crippen LogP contribution in [0.25, 0.3) is 11.8 Å². The molecule has 1 fully saturated rings. The first-order chi connectivity index (χ1) is 16.2. The van der Waals surface area contributed by atoms with Crippen molar-refractivity contribution in [3.05, 3.63) is 83.1 Å². The third kappa shape index (κ3) is 3.81. The Morgan fingerprint density at radius 3 is 2.50 bits per heavy atom. The molecule has 3 aromatic rings. The van der Waals surface area contributed by atoms with Crippen LogP contribution in [0.3, 0.4) is 0 Å². The third-order valence-corrected chi connectivity index (χ3v) is 6.30. The van der Waals surface area contributed by atoms with Crippen molar-refractivity contribution in [3.63, 3.8) is 0 Å². The number of fused-ring (bicyclic) bond motifs is 1. The van der Waals surface area contributed by atoms with Gasteiger partial charge in [0.2, 0.25) is 11.6 Å². The molecule has 0 amide bonds. The largest absolute Gasteiger partial charge is 0.495 e. The predicted molar refractivity (Wildman–Crippen MR) is 132 cm³/mol. The zero-order valence-electron chi connectivity index (χ0n) is 20.5. The molecule has 34 heavy (non-hydrogen) atoms. The highest BCUT2D eigenvalue weighted by Crippen LogP contribution is 2.42. The molecular formula is C27H30N4O3. The summed E-state index contributed by atoms with van der Waals surface area (Å²) >= 11 is 0. The van der Waals surface area contributed by atoms with Gasteiger partial charge in [-0.15, -0.1) is 0 Å². The van der Waals surface area contributed by atoms with Gasteiger partial charge in [-0.25, -0.2) is 4.98 Å². The predicted octanol–water partition coefficient (Wildman–Crippen LogP) is 5.17. The summed E-state index contributed by atoms with van der Waals surface area (Å²) < 4.78 is 14.0. The standard InChI is InChI=1S/C27H30N4O3/c1-18-7-10-21(11-8-18)27(5)31-16-26(3,4)33-24(25(31)29-34-27)14-20-9-12-22(23(13-20)32-6)30-15-19(2)28-17-30/h7-15,17H,16H2,1-6H3. The number of amidine groups is 1. The maximum atomic E-state index is 6.38. The van der Waals surface area contributed by atoms with Gasteiger partial charge in [-0.1, -0.05) is 41.1 Å². The van der Waals surface area contributed by atoms with Crippen molar-refractivity contribution in [1.82, 2.24) is 14.5 Å². The number of benzene rings is 2. The van der Waals surface area contributed by atoms with Crippen LogP contribution in [0, 0.1) is 13.8 Å². The number of aromatic nitrogens is 2. The SMILES string of the molecule is COc1cc(C=C2OC(C)(C)CN3C2=NOC3(C)c2ccc(C)cc2)ccc1-n1cnc(C)c1. The molecule has 2 aliphatic rings. The normalized spacial score (nSPS) is 22.1. The molecule has 7 heteroatoms. The first kappa shape index (κ1) is 22.1. The fraction of sp³-hybridized carbons (Fsp3) is 0.333. The van der Waals surface area contributed by atoms with Crippen LogP contribution in [0.4, 0.5) is 0 Å². The molecule has 1 unspecified atom stereocenters. The first-order valence-electron chi connectivity index (χ1n) is 11.4. The van der Waals surface area contributed by atoms with Gasteiger partial charge in [0.1, 0.15) is 11.4 Å². The number of rotatable bonds is 4. The van der Waals surface area contributed by atoms with Gasteiger partial charge in [0.15, 0.2) is 5.76 Å². The van der Waals surface area contributed by atoms with Gasteiger partial charge in [0.05, 0.1) is 31.4 Å². The second-order valence-electron chi connectivity index (χ2n) is 9.67. The highest BCUT2D eigenvalue weighted by molar-refractivity contribution is 6.01. The topological polar surface area (TPSA) is 61.1 Å². The van der Waals surface area contributed by atoms with Gasteiger partial charge < -0.3 is 23.8 Å². The average molecular weight is 459 g/mol. The van der Waals surface area contributed by atoms with Gasteiger partial charge >= 0.3 is 0 Å². The zero-order chi connectivity index (χ0) is 24.1. The summed E-state index contributed by atoms with van der Waals surface area (Å²) in [6.45, 7) is 10.9. The molecule has 5 rings (SSSR count). The van der Waals surface area contributed by atoms with Crippen LogP contribution in [-0.4, -0.2) is 39.5 Å². The number of aryl methyl sites for hydroxylation is 2. The average Bonchev–Trinajstić information content (AvgIpc) is 3.37. The highest BCUT2D eigenvalue weighted by Gasteiger charge is 2.50. The number of nitrogens with zero attached hydrogens (tertiary/aromatic N) is 4. The van der Waals surface area contributed by atoms with E-state index in [1.165, 1.54) is 5.56 Å². The fourth-order valence-electron chi connectivity index (χ4n) is 4.46. The van der Waals surface area contributed by atoms with E-state index in [0.29, 0.717) is 18.1 Å². The molecule has 7 nitrogen and oxygen atoms in total. The fourth-order valence-corrected chi connectivity index (χ4v) is 4.46. The van der Waals surface area contributed by atoms with Crippen LogP contribution in [0.2, 0.25) is 0 Å². The molecule has 2 aliphatic heterocycles. The number of morpholine rings is 1. The number of methoxy groups -OCH3 is 1. The lowest BCUT2D eigenvalue weighted by atomic mass is 9.97. The molecule has 3 heterocycles. The summed E-state index contributed by atoms with van der Waals surface area (Å²) in [5.74, 6) is 2.10. The van der Waals surface area contributed by atoms with E-state index in [-0.39, 0.29) is 0 Å². The summed E-state index contributed by atoms with van der Waals surface area (Å²) in [6, 6.07) is 14.4. The Bertz CT molecular complexity index is 1290. The van der Waals surface area contributed by atoms with Gasteiger partial charge in [0.25, 0.3) is 0 Å². The van der Waals surface area contributed by atoms with Crippen LogP contribution in [-0.2, 0) is 15.3 Å². The number of oxime groups is 1. The van der Waals surface area contributed by atoms with Crippen molar-refractivity contribution >= 4 is 11.9 Å². The summed E-state index contributed by atoms with van der Waals surface area (Å²) in [5.41, 5.74) is 3.93. The highest BCUT2D eigenvalue weighted by atomic mass is 16.7. The lowest BCUT2D eigenvalue weighted by Crippen LogP contribution is -2.55. The van der Waals surface area contributed by atoms with E-state index in [4.69, 9.17) is 14.3 Å². The van der Waals surface area contributed by atoms with E-state index < -0.39 is 11.3 Å². The molecule has 0 aliphatic carbocycles. The van der Waals surface area contributed by atoms with Crippen molar-refractivity contribution in [2.45, 2.75) is 45.9 Å². The number of hydrogen-bond donors (Lipinski definition) is 0. The molecule has 2 aromatic carbocycles. The van der Waals surface area contributed by atoms with Crippen LogP contribution >= 0.6 is 0 Å². The Morgan fingerprint density at radius 2 is 1.82 bits per heavy atom. The number of hydrogen-bond acceptors (Lipinski definition) is 6. The van der Waals surface area contributed by atoms with Crippen molar-refractivity contribution < 1.29 is 14.3 Å². The van der Waals surface area contributed by atoms with Gasteiger partial charge in [-0.05, 0) is 51.5 Å². The molecule has 1 atom stereocenters. The minimum Gasteiger partial charge on any atom is -0.495 e. The maximum Gasteiger partial charge on any atom is 0.234 e. The molecule has 0 spiro atoms. The van der Waals surface area contributed by atoms with Gasteiger partial charge in [0, 0.05) is 18.7 Å². The van der Waals surface area contributed by atoms with Crippen molar-refractivity contribution in [2.24, 2.45) is 5.16 Å². The molecule has 0 saturated carbocycles. The number of imidazole rings is 1. The minimum atomic E-state index is -0.704. The van der Waals surface area contributed by atoms with E-state index in [1.807, 2.05) is 42.0 Å². The second kappa shape index (κ2) is 7.94. The van der Waals surface area contributed by atoms with Crippen LogP contribution in [0.15, 0.2) is 65.9 Å². The van der Waals surface area contributed by atoms with Crippen LogP contribution in [0.5, 0.6) is 5.75 Å². The van der Waals surface area contributed by atoms with Crippen LogP contribution < -0.4 is 4.74 Å². The Hall–Kier alpha value is -3.74. The van der Waals surface area contributed by atoms with E-state index in [1.54, 1.807) is 13.4 Å². The Morgan fingerprint density at radius 1 is 1.06 bits per heavy atom. The van der Waals surface area contributed by atoms with E-state index >= 15 is 0 Å². The molecule has 0 N–H and O–H groups in total. The molecule has 0 radical (unpaired) electrons. The van der Waals surface area contributed by atoms with E-state index in [2.05, 4.69) is 67.0 Å². The van der Waals surface area contributed by atoms with Crippen molar-refractivity contribution in [1.29, 1.82) is 0 Å². The Labute approximate surface area is 200 Å². The van der Waals surface area contributed by atoms with Gasteiger partial charge in [-0.2, -0.15) is 0 Å². The molecule has 176 valence electrons. The Kier molecular flexibility index (Phi) is 5.15. The third-order valence-electron chi connectivity index (χ3n) is 6.30.